The Hall–Kier alpha value is -0.0257. The Labute approximate surface area is 111 Å². The zero-order valence-corrected chi connectivity index (χ0v) is 12.8. The summed E-state index contributed by atoms with van der Waals surface area (Å²) in [4.78, 5) is 44.1. The Kier molecular flexibility index (Phi) is 7.41. The fourth-order valence-corrected chi connectivity index (χ4v) is 6.17. The Bertz CT molecular complexity index is 320. The number of rotatable bonds is 8. The SMILES string of the molecule is CC(=O)CC(=O)[CH2][Ti]([Cl])([Cl])[CH2]C(=O)CC(C)=O. The van der Waals surface area contributed by atoms with Crippen LogP contribution in [0.1, 0.15) is 26.7 Å². The van der Waals surface area contributed by atoms with Gasteiger partial charge in [0.05, 0.1) is 0 Å². The van der Waals surface area contributed by atoms with Gasteiger partial charge in [-0.05, 0) is 0 Å². The van der Waals surface area contributed by atoms with Gasteiger partial charge in [-0.15, -0.1) is 0 Å². The zero-order chi connectivity index (χ0) is 13.6. The zero-order valence-electron chi connectivity index (χ0n) is 9.72. The van der Waals surface area contributed by atoms with E-state index in [9.17, 15) is 19.2 Å². The van der Waals surface area contributed by atoms with Crippen molar-refractivity contribution < 1.29 is 33.6 Å². The van der Waals surface area contributed by atoms with Crippen LogP contribution >= 0.6 is 18.6 Å². The van der Waals surface area contributed by atoms with Crippen molar-refractivity contribution in [3.05, 3.63) is 0 Å². The van der Waals surface area contributed by atoms with Gasteiger partial charge in [0, 0.05) is 0 Å². The number of hydrogen-bond donors (Lipinski definition) is 0. The van der Waals surface area contributed by atoms with E-state index >= 15 is 0 Å². The van der Waals surface area contributed by atoms with Crippen LogP contribution < -0.4 is 0 Å². The van der Waals surface area contributed by atoms with Gasteiger partial charge in [0.15, 0.2) is 0 Å². The molecule has 17 heavy (non-hydrogen) atoms. The van der Waals surface area contributed by atoms with Crippen LogP contribution in [0, 0.1) is 0 Å². The van der Waals surface area contributed by atoms with Gasteiger partial charge in [0.25, 0.3) is 0 Å². The van der Waals surface area contributed by atoms with Crippen molar-refractivity contribution in [3.63, 3.8) is 0 Å². The van der Waals surface area contributed by atoms with E-state index in [-0.39, 0.29) is 45.4 Å². The van der Waals surface area contributed by atoms with Crippen molar-refractivity contribution in [3.8, 4) is 0 Å². The second-order valence-electron chi connectivity index (χ2n) is 4.04. The van der Waals surface area contributed by atoms with E-state index in [0.29, 0.717) is 0 Å². The van der Waals surface area contributed by atoms with E-state index in [1.165, 1.54) is 13.8 Å². The third-order valence-electron chi connectivity index (χ3n) is 1.80. The Morgan fingerprint density at radius 1 is 0.824 bits per heavy atom. The third-order valence-corrected chi connectivity index (χ3v) is 6.85. The second kappa shape index (κ2) is 7.42. The standard InChI is InChI=1S/2C5H7O2.2ClH.Ti/c2*1-4(6)3-5(2)7;;;/h2*1,3H2,2H3;2*1H;/q;;;;+2/p-2. The van der Waals surface area contributed by atoms with E-state index in [4.69, 9.17) is 18.6 Å². The van der Waals surface area contributed by atoms with Crippen LogP contribution in [0.4, 0.5) is 0 Å². The number of carbonyl (C=O) groups is 4. The molecule has 0 bridgehead atoms. The van der Waals surface area contributed by atoms with Crippen LogP contribution in [0.3, 0.4) is 0 Å². The molecule has 0 aliphatic heterocycles. The summed E-state index contributed by atoms with van der Waals surface area (Å²) in [7, 11) is 12.0. The molecule has 0 atom stereocenters. The molecule has 0 aliphatic carbocycles. The van der Waals surface area contributed by atoms with E-state index in [1.54, 1.807) is 0 Å². The molecule has 0 rings (SSSR count). The minimum absolute atomic E-state index is 0.0909. The fraction of sp³-hybridized carbons (Fsp3) is 0.600. The van der Waals surface area contributed by atoms with Crippen molar-refractivity contribution in [2.24, 2.45) is 0 Å². The second-order valence-corrected chi connectivity index (χ2v) is 14.6. The van der Waals surface area contributed by atoms with E-state index < -0.39 is 14.5 Å². The quantitative estimate of drug-likeness (QED) is 0.509. The van der Waals surface area contributed by atoms with E-state index in [1.807, 2.05) is 0 Å². The first-order chi connectivity index (χ1) is 7.62. The summed E-state index contributed by atoms with van der Waals surface area (Å²) in [6, 6.07) is 0. The molecule has 7 heteroatoms. The topological polar surface area (TPSA) is 68.3 Å². The van der Waals surface area contributed by atoms with Crippen LogP contribution in [-0.2, 0) is 33.6 Å². The maximum absolute atomic E-state index is 11.4. The van der Waals surface area contributed by atoms with Gasteiger partial charge >= 0.3 is 112 Å². The van der Waals surface area contributed by atoms with Gasteiger partial charge < -0.3 is 0 Å². The maximum atomic E-state index is 11.4. The molecule has 0 heterocycles. The molecule has 0 spiro atoms. The van der Waals surface area contributed by atoms with Crippen molar-refractivity contribution in [1.82, 2.24) is 0 Å². The summed E-state index contributed by atoms with van der Waals surface area (Å²) in [5, 5.41) is 0. The Morgan fingerprint density at radius 2 is 1.12 bits per heavy atom. The molecule has 0 saturated carbocycles. The molecular formula is C10H14Cl2O4Ti. The first kappa shape index (κ1) is 17.0. The summed E-state index contributed by atoms with van der Waals surface area (Å²) in [5.41, 5.74) is 0. The Morgan fingerprint density at radius 3 is 1.35 bits per heavy atom. The van der Waals surface area contributed by atoms with Crippen molar-refractivity contribution in [2.45, 2.75) is 36.1 Å². The first-order valence-electron chi connectivity index (χ1n) is 5.02. The third kappa shape index (κ3) is 9.66. The monoisotopic (exact) mass is 316 g/mol. The molecule has 0 amide bonds. The van der Waals surface area contributed by atoms with Crippen LogP contribution in [0.2, 0.25) is 9.45 Å². The summed E-state index contributed by atoms with van der Waals surface area (Å²) in [6.07, 6.45) is -0.402. The Balaban J connectivity index is 4.28. The average molecular weight is 317 g/mol. The molecule has 0 aromatic rings. The number of Topliss-reactive ketones (excluding diaryl/α,β-unsaturated/α-hetero) is 4. The van der Waals surface area contributed by atoms with Gasteiger partial charge in [-0.3, -0.25) is 0 Å². The number of carbonyl (C=O) groups excluding carboxylic acids is 4. The van der Waals surface area contributed by atoms with Crippen molar-refractivity contribution in [1.29, 1.82) is 0 Å². The first-order valence-corrected chi connectivity index (χ1v) is 11.5. The number of ketones is 4. The predicted molar refractivity (Wildman–Crippen MR) is 61.9 cm³/mol. The normalized spacial score (nSPS) is 11.1. The van der Waals surface area contributed by atoms with Crippen LogP contribution in [0.25, 0.3) is 0 Å². The molecule has 0 aromatic heterocycles. The molecule has 0 N–H and O–H groups in total. The molecular weight excluding hydrogens is 303 g/mol. The van der Waals surface area contributed by atoms with Crippen molar-refractivity contribution in [2.75, 3.05) is 0 Å². The van der Waals surface area contributed by atoms with E-state index in [0.717, 1.165) is 0 Å². The van der Waals surface area contributed by atoms with Crippen LogP contribution in [0.15, 0.2) is 0 Å². The molecule has 96 valence electrons. The average Bonchev–Trinajstić information content (AvgIpc) is 1.95. The van der Waals surface area contributed by atoms with Gasteiger partial charge in [0.2, 0.25) is 0 Å². The summed E-state index contributed by atoms with van der Waals surface area (Å²) in [5.74, 6) is -1.18. The summed E-state index contributed by atoms with van der Waals surface area (Å²) < 4.78 is -0.182. The van der Waals surface area contributed by atoms with Crippen molar-refractivity contribution >= 4 is 41.7 Å². The van der Waals surface area contributed by atoms with Gasteiger partial charge in [-0.25, -0.2) is 0 Å². The molecule has 4 nitrogen and oxygen atoms in total. The molecule has 0 unspecified atom stereocenters. The van der Waals surface area contributed by atoms with Gasteiger partial charge in [-0.2, -0.15) is 0 Å². The van der Waals surface area contributed by atoms with E-state index in [2.05, 4.69) is 0 Å². The number of halogens is 2. The van der Waals surface area contributed by atoms with Crippen LogP contribution in [0.5, 0.6) is 0 Å². The molecule has 0 aromatic carbocycles. The molecule has 0 radical (unpaired) electrons. The molecule has 0 fully saturated rings. The molecule has 0 aliphatic rings. The van der Waals surface area contributed by atoms with Gasteiger partial charge in [-0.1, -0.05) is 0 Å². The van der Waals surface area contributed by atoms with Crippen LogP contribution in [-0.4, -0.2) is 23.1 Å². The number of hydrogen-bond acceptors (Lipinski definition) is 4. The predicted octanol–water partition coefficient (Wildman–Crippen LogP) is 2.38. The summed E-state index contributed by atoms with van der Waals surface area (Å²) >= 11 is -3.54. The summed E-state index contributed by atoms with van der Waals surface area (Å²) in [6.45, 7) is 2.60. The minimum atomic E-state index is -3.54. The molecule has 0 saturated heterocycles. The fourth-order valence-electron chi connectivity index (χ4n) is 1.32. The van der Waals surface area contributed by atoms with Gasteiger partial charge in [0.1, 0.15) is 0 Å².